The molecular formula is C10H20F3NO2. The summed E-state index contributed by atoms with van der Waals surface area (Å²) < 4.78 is 45.2. The Morgan fingerprint density at radius 3 is 2.25 bits per heavy atom. The summed E-state index contributed by atoms with van der Waals surface area (Å²) in [5.74, 6) is 0. The van der Waals surface area contributed by atoms with Crippen molar-refractivity contribution in [2.75, 3.05) is 33.0 Å². The first-order valence-corrected chi connectivity index (χ1v) is 5.45. The summed E-state index contributed by atoms with van der Waals surface area (Å²) >= 11 is 0. The first-order valence-electron chi connectivity index (χ1n) is 5.45. The minimum Gasteiger partial charge on any atom is -0.380 e. The Labute approximate surface area is 94.3 Å². The SMILES string of the molecule is CCCNC(COCC)COCC(F)(F)F. The van der Waals surface area contributed by atoms with Crippen LogP contribution in [0.3, 0.4) is 0 Å². The molecule has 16 heavy (non-hydrogen) atoms. The third kappa shape index (κ3) is 10.2. The second-order valence-corrected chi connectivity index (χ2v) is 3.44. The summed E-state index contributed by atoms with van der Waals surface area (Å²) in [5.41, 5.74) is 0. The maximum atomic E-state index is 11.8. The first-order chi connectivity index (χ1) is 7.49. The highest BCUT2D eigenvalue weighted by atomic mass is 19.4. The molecule has 0 bridgehead atoms. The van der Waals surface area contributed by atoms with Crippen molar-refractivity contribution < 1.29 is 22.6 Å². The van der Waals surface area contributed by atoms with E-state index < -0.39 is 12.8 Å². The molecule has 1 unspecified atom stereocenters. The zero-order chi connectivity index (χ0) is 12.4. The van der Waals surface area contributed by atoms with E-state index in [2.05, 4.69) is 10.1 Å². The maximum absolute atomic E-state index is 11.8. The molecule has 3 nitrogen and oxygen atoms in total. The van der Waals surface area contributed by atoms with E-state index in [0.29, 0.717) is 13.2 Å². The average Bonchev–Trinajstić information content (AvgIpc) is 2.19. The van der Waals surface area contributed by atoms with Crippen molar-refractivity contribution in [3.8, 4) is 0 Å². The Kier molecular flexibility index (Phi) is 8.60. The summed E-state index contributed by atoms with van der Waals surface area (Å²) in [4.78, 5) is 0. The second-order valence-electron chi connectivity index (χ2n) is 3.44. The van der Waals surface area contributed by atoms with Gasteiger partial charge in [-0.2, -0.15) is 13.2 Å². The Bertz CT molecular complexity index is 157. The quantitative estimate of drug-likeness (QED) is 0.671. The van der Waals surface area contributed by atoms with Crippen molar-refractivity contribution in [1.82, 2.24) is 5.32 Å². The highest BCUT2D eigenvalue weighted by Gasteiger charge is 2.27. The van der Waals surface area contributed by atoms with E-state index in [0.717, 1.165) is 13.0 Å². The van der Waals surface area contributed by atoms with E-state index in [1.54, 1.807) is 0 Å². The molecule has 98 valence electrons. The van der Waals surface area contributed by atoms with Gasteiger partial charge in [-0.05, 0) is 19.9 Å². The summed E-state index contributed by atoms with van der Waals surface area (Å²) in [6.45, 7) is 4.29. The smallest absolute Gasteiger partial charge is 0.380 e. The Balaban J connectivity index is 3.72. The van der Waals surface area contributed by atoms with Crippen molar-refractivity contribution in [3.63, 3.8) is 0 Å². The van der Waals surface area contributed by atoms with Crippen LogP contribution in [-0.4, -0.2) is 45.2 Å². The molecule has 0 heterocycles. The van der Waals surface area contributed by atoms with Gasteiger partial charge in [0, 0.05) is 6.61 Å². The Morgan fingerprint density at radius 1 is 1.12 bits per heavy atom. The average molecular weight is 243 g/mol. The largest absolute Gasteiger partial charge is 0.411 e. The van der Waals surface area contributed by atoms with Crippen LogP contribution in [0.5, 0.6) is 0 Å². The molecular weight excluding hydrogens is 223 g/mol. The Hall–Kier alpha value is -0.330. The molecule has 0 aliphatic carbocycles. The van der Waals surface area contributed by atoms with E-state index in [1.807, 2.05) is 13.8 Å². The minimum absolute atomic E-state index is 0.0134. The first kappa shape index (κ1) is 15.7. The number of halogens is 3. The van der Waals surface area contributed by atoms with Gasteiger partial charge in [0.05, 0.1) is 19.3 Å². The molecule has 0 spiro atoms. The topological polar surface area (TPSA) is 30.5 Å². The lowest BCUT2D eigenvalue weighted by Gasteiger charge is -2.18. The van der Waals surface area contributed by atoms with Gasteiger partial charge < -0.3 is 14.8 Å². The molecule has 0 amide bonds. The third-order valence-corrected chi connectivity index (χ3v) is 1.79. The molecule has 0 aromatic carbocycles. The molecule has 1 N–H and O–H groups in total. The van der Waals surface area contributed by atoms with Crippen LogP contribution in [0, 0.1) is 0 Å². The van der Waals surface area contributed by atoms with Crippen LogP contribution in [0.25, 0.3) is 0 Å². The fraction of sp³-hybridized carbons (Fsp3) is 1.00. The highest BCUT2D eigenvalue weighted by Crippen LogP contribution is 2.14. The second kappa shape index (κ2) is 8.78. The molecule has 0 saturated heterocycles. The lowest BCUT2D eigenvalue weighted by Crippen LogP contribution is -2.39. The van der Waals surface area contributed by atoms with Gasteiger partial charge in [0.25, 0.3) is 0 Å². The van der Waals surface area contributed by atoms with Crippen LogP contribution in [0.4, 0.5) is 13.2 Å². The van der Waals surface area contributed by atoms with Crippen molar-refractivity contribution in [2.45, 2.75) is 32.5 Å². The normalized spacial score (nSPS) is 14.1. The summed E-state index contributed by atoms with van der Waals surface area (Å²) in [5, 5.41) is 3.07. The maximum Gasteiger partial charge on any atom is 0.411 e. The fourth-order valence-electron chi connectivity index (χ4n) is 1.09. The summed E-state index contributed by atoms with van der Waals surface area (Å²) in [6.07, 6.45) is -3.34. The van der Waals surface area contributed by atoms with Crippen molar-refractivity contribution in [1.29, 1.82) is 0 Å². The van der Waals surface area contributed by atoms with Crippen molar-refractivity contribution >= 4 is 0 Å². The van der Waals surface area contributed by atoms with Gasteiger partial charge in [0.1, 0.15) is 6.61 Å². The number of hydrogen-bond acceptors (Lipinski definition) is 3. The van der Waals surface area contributed by atoms with E-state index in [9.17, 15) is 13.2 Å². The van der Waals surface area contributed by atoms with Crippen LogP contribution >= 0.6 is 0 Å². The van der Waals surface area contributed by atoms with E-state index in [4.69, 9.17) is 4.74 Å². The third-order valence-electron chi connectivity index (χ3n) is 1.79. The van der Waals surface area contributed by atoms with Gasteiger partial charge in [-0.3, -0.25) is 0 Å². The van der Waals surface area contributed by atoms with Crippen molar-refractivity contribution in [2.24, 2.45) is 0 Å². The van der Waals surface area contributed by atoms with Gasteiger partial charge in [0.2, 0.25) is 0 Å². The van der Waals surface area contributed by atoms with Gasteiger partial charge in [0.15, 0.2) is 0 Å². The molecule has 6 heteroatoms. The van der Waals surface area contributed by atoms with E-state index in [-0.39, 0.29) is 12.6 Å². The van der Waals surface area contributed by atoms with Crippen LogP contribution < -0.4 is 5.32 Å². The minimum atomic E-state index is -4.26. The van der Waals surface area contributed by atoms with E-state index in [1.165, 1.54) is 0 Å². The van der Waals surface area contributed by atoms with Crippen LogP contribution in [-0.2, 0) is 9.47 Å². The predicted molar refractivity (Wildman–Crippen MR) is 55.4 cm³/mol. The van der Waals surface area contributed by atoms with Crippen LogP contribution in [0.15, 0.2) is 0 Å². The molecule has 0 radical (unpaired) electrons. The summed E-state index contributed by atoms with van der Waals surface area (Å²) in [7, 11) is 0. The van der Waals surface area contributed by atoms with Crippen LogP contribution in [0.2, 0.25) is 0 Å². The molecule has 0 aliphatic heterocycles. The molecule has 0 aromatic rings. The molecule has 0 aromatic heterocycles. The standard InChI is InChI=1S/C10H20F3NO2/c1-3-5-14-9(6-15-4-2)7-16-8-10(11,12)13/h9,14H,3-8H2,1-2H3. The lowest BCUT2D eigenvalue weighted by molar-refractivity contribution is -0.176. The Morgan fingerprint density at radius 2 is 1.75 bits per heavy atom. The fourth-order valence-corrected chi connectivity index (χ4v) is 1.09. The number of nitrogens with one attached hydrogen (secondary N) is 1. The number of alkyl halides is 3. The molecule has 1 atom stereocenters. The van der Waals surface area contributed by atoms with Gasteiger partial charge in [-0.15, -0.1) is 0 Å². The molecule has 0 fully saturated rings. The van der Waals surface area contributed by atoms with Crippen LogP contribution in [0.1, 0.15) is 20.3 Å². The zero-order valence-corrected chi connectivity index (χ0v) is 9.77. The van der Waals surface area contributed by atoms with E-state index >= 15 is 0 Å². The summed E-state index contributed by atoms with van der Waals surface area (Å²) in [6, 6.07) is -0.178. The molecule has 0 rings (SSSR count). The highest BCUT2D eigenvalue weighted by molar-refractivity contribution is 4.65. The van der Waals surface area contributed by atoms with Gasteiger partial charge >= 0.3 is 6.18 Å². The number of rotatable bonds is 9. The van der Waals surface area contributed by atoms with Gasteiger partial charge in [-0.1, -0.05) is 6.92 Å². The monoisotopic (exact) mass is 243 g/mol. The van der Waals surface area contributed by atoms with Crippen molar-refractivity contribution in [3.05, 3.63) is 0 Å². The molecule has 0 aliphatic rings. The number of hydrogen-bond donors (Lipinski definition) is 1. The zero-order valence-electron chi connectivity index (χ0n) is 9.77. The lowest BCUT2D eigenvalue weighted by atomic mass is 10.3. The number of ether oxygens (including phenoxy) is 2. The molecule has 0 saturated carbocycles. The van der Waals surface area contributed by atoms with Gasteiger partial charge in [-0.25, -0.2) is 0 Å². The predicted octanol–water partition coefficient (Wildman–Crippen LogP) is 1.97.